The van der Waals surface area contributed by atoms with Gasteiger partial charge in [0, 0.05) is 12.8 Å². The molecule has 0 aliphatic carbocycles. The minimum absolute atomic E-state index is 0.139. The van der Waals surface area contributed by atoms with Crippen LogP contribution in [0.1, 0.15) is 175 Å². The molecule has 1 fully saturated rings. The normalized spacial score (nSPS) is 16.9. The number of phosphoric acid groups is 1. The van der Waals surface area contributed by atoms with Crippen LogP contribution in [0, 0.1) is 5.92 Å². The molecule has 0 bridgehead atoms. The van der Waals surface area contributed by atoms with E-state index in [2.05, 4.69) is 61.8 Å². The number of hydrogen-bond donors (Lipinski definition) is 2. The van der Waals surface area contributed by atoms with Crippen LogP contribution in [-0.2, 0) is 32.9 Å². The zero-order valence-electron chi connectivity index (χ0n) is 32.4. The first-order chi connectivity index (χ1) is 24.6. The molecule has 2 unspecified atom stereocenters. The van der Waals surface area contributed by atoms with Gasteiger partial charge in [0.15, 0.2) is 6.10 Å². The van der Waals surface area contributed by atoms with Crippen molar-refractivity contribution in [3.63, 3.8) is 0 Å². The van der Waals surface area contributed by atoms with Crippen molar-refractivity contribution in [2.24, 2.45) is 5.92 Å². The molecule has 1 saturated heterocycles. The largest absolute Gasteiger partial charge is 0.469 e. The van der Waals surface area contributed by atoms with Gasteiger partial charge in [-0.3, -0.25) is 14.1 Å². The predicted molar refractivity (Wildman–Crippen MR) is 206 cm³/mol. The average Bonchev–Trinajstić information content (AvgIpc) is 3.83. The topological polar surface area (TPSA) is 132 Å². The number of carbonyl (C=O) groups is 2. The summed E-state index contributed by atoms with van der Waals surface area (Å²) in [6.45, 7) is 5.92. The lowest BCUT2D eigenvalue weighted by Gasteiger charge is -2.18. The molecule has 0 aromatic rings. The first kappa shape index (κ1) is 47.3. The molecule has 1 aliphatic rings. The molecule has 0 amide bonds. The number of esters is 2. The van der Waals surface area contributed by atoms with Crippen molar-refractivity contribution in [2.75, 3.05) is 13.2 Å². The van der Waals surface area contributed by atoms with E-state index >= 15 is 0 Å². The summed E-state index contributed by atoms with van der Waals surface area (Å²) in [5.74, 6) is -0.148. The minimum Gasteiger partial charge on any atom is -0.462 e. The first-order valence-electron chi connectivity index (χ1n) is 20.3. The van der Waals surface area contributed by atoms with Crippen molar-refractivity contribution < 1.29 is 42.7 Å². The van der Waals surface area contributed by atoms with Gasteiger partial charge in [0.25, 0.3) is 0 Å². The smallest absolute Gasteiger partial charge is 0.462 e. The number of rotatable bonds is 35. The summed E-state index contributed by atoms with van der Waals surface area (Å²) in [6.07, 6.45) is 37.5. The van der Waals surface area contributed by atoms with Crippen LogP contribution in [0.5, 0.6) is 0 Å². The SMILES string of the molecule is CCCCC/C=C\C/C=C\C/C=C\CC1OC1CCCC(=O)OC[C@H](COP(=O)(O)O)OC(=O)CCCCCCCCCCCCCCC(C)C. The van der Waals surface area contributed by atoms with E-state index in [0.717, 1.165) is 50.9 Å². The summed E-state index contributed by atoms with van der Waals surface area (Å²) in [7, 11) is -4.77. The van der Waals surface area contributed by atoms with Gasteiger partial charge in [0.05, 0.1) is 18.8 Å². The predicted octanol–water partition coefficient (Wildman–Crippen LogP) is 11.0. The Balaban J connectivity index is 2.13. The summed E-state index contributed by atoms with van der Waals surface area (Å²) in [6, 6.07) is 0. The van der Waals surface area contributed by atoms with Crippen LogP contribution < -0.4 is 0 Å². The molecule has 1 heterocycles. The third-order valence-corrected chi connectivity index (χ3v) is 9.50. The molecule has 0 radical (unpaired) electrons. The zero-order chi connectivity index (χ0) is 37.4. The fourth-order valence-corrected chi connectivity index (χ4v) is 6.24. The van der Waals surface area contributed by atoms with Crippen molar-refractivity contribution in [3.8, 4) is 0 Å². The monoisotopic (exact) mass is 740 g/mol. The van der Waals surface area contributed by atoms with Crippen LogP contribution in [0.2, 0.25) is 0 Å². The molecule has 2 N–H and O–H groups in total. The van der Waals surface area contributed by atoms with E-state index in [9.17, 15) is 14.2 Å². The minimum atomic E-state index is -4.77. The Bertz CT molecular complexity index is 1000. The standard InChI is InChI=1S/C41H73O9P/c1-4-5-6-7-8-9-10-14-17-20-23-26-30-38-39(50-38)31-28-33-40(42)47-34-37(35-48-51(44,45)46)49-41(43)32-27-24-21-18-15-12-11-13-16-19-22-25-29-36(2)3/h8-9,14,17,23,26,36-39H,4-7,10-13,15-16,18-22,24-25,27-35H2,1-3H3,(H2,44,45,46)/b9-8-,17-14-,26-23-/t37-,38?,39?/m1/s1. The molecule has 51 heavy (non-hydrogen) atoms. The average molecular weight is 741 g/mol. The Kier molecular flexibility index (Phi) is 29.4. The maximum absolute atomic E-state index is 12.4. The maximum Gasteiger partial charge on any atom is 0.469 e. The molecule has 1 rings (SSSR count). The fraction of sp³-hybridized carbons (Fsp3) is 0.805. The molecule has 9 nitrogen and oxygen atoms in total. The van der Waals surface area contributed by atoms with E-state index in [1.165, 1.54) is 83.5 Å². The van der Waals surface area contributed by atoms with Gasteiger partial charge in [-0.15, -0.1) is 0 Å². The van der Waals surface area contributed by atoms with E-state index in [1.54, 1.807) is 0 Å². The van der Waals surface area contributed by atoms with Gasteiger partial charge in [0.2, 0.25) is 0 Å². The van der Waals surface area contributed by atoms with Gasteiger partial charge in [-0.1, -0.05) is 147 Å². The number of phosphoric ester groups is 1. The van der Waals surface area contributed by atoms with Crippen molar-refractivity contribution in [3.05, 3.63) is 36.5 Å². The Morgan fingerprint density at radius 3 is 1.86 bits per heavy atom. The lowest BCUT2D eigenvalue weighted by atomic mass is 10.0. The maximum atomic E-state index is 12.4. The van der Waals surface area contributed by atoms with E-state index in [0.29, 0.717) is 12.8 Å². The summed E-state index contributed by atoms with van der Waals surface area (Å²) in [5.41, 5.74) is 0. The van der Waals surface area contributed by atoms with E-state index in [4.69, 9.17) is 24.0 Å². The Hall–Kier alpha value is -1.77. The van der Waals surface area contributed by atoms with Crippen LogP contribution in [0.3, 0.4) is 0 Å². The van der Waals surface area contributed by atoms with Crippen LogP contribution in [0.25, 0.3) is 0 Å². The van der Waals surface area contributed by atoms with Gasteiger partial charge >= 0.3 is 19.8 Å². The molecule has 0 aromatic heterocycles. The summed E-state index contributed by atoms with van der Waals surface area (Å²) < 4.78 is 32.1. The van der Waals surface area contributed by atoms with Gasteiger partial charge in [0.1, 0.15) is 6.61 Å². The third-order valence-electron chi connectivity index (χ3n) is 9.01. The number of carbonyl (C=O) groups excluding carboxylic acids is 2. The fourth-order valence-electron chi connectivity index (χ4n) is 5.88. The highest BCUT2D eigenvalue weighted by atomic mass is 31.2. The lowest BCUT2D eigenvalue weighted by Crippen LogP contribution is -2.29. The second-order valence-electron chi connectivity index (χ2n) is 14.5. The third kappa shape index (κ3) is 32.6. The van der Waals surface area contributed by atoms with Gasteiger partial charge in [-0.05, 0) is 57.3 Å². The van der Waals surface area contributed by atoms with E-state index < -0.39 is 32.5 Å². The molecule has 1 aliphatic heterocycles. The van der Waals surface area contributed by atoms with Crippen molar-refractivity contribution >= 4 is 19.8 Å². The number of epoxide rings is 1. The lowest BCUT2D eigenvalue weighted by molar-refractivity contribution is -0.161. The molecular formula is C41H73O9P. The number of unbranched alkanes of at least 4 members (excludes halogenated alkanes) is 14. The molecule has 10 heteroatoms. The first-order valence-corrected chi connectivity index (χ1v) is 21.8. The van der Waals surface area contributed by atoms with E-state index in [-0.39, 0.29) is 31.7 Å². The molecule has 0 spiro atoms. The van der Waals surface area contributed by atoms with Crippen molar-refractivity contribution in [2.45, 2.75) is 193 Å². The van der Waals surface area contributed by atoms with Crippen LogP contribution in [0.15, 0.2) is 36.5 Å². The van der Waals surface area contributed by atoms with Crippen LogP contribution in [-0.4, -0.2) is 53.3 Å². The summed E-state index contributed by atoms with van der Waals surface area (Å²) in [5, 5.41) is 0. The molecular weight excluding hydrogens is 667 g/mol. The highest BCUT2D eigenvalue weighted by molar-refractivity contribution is 7.46. The van der Waals surface area contributed by atoms with Gasteiger partial charge in [-0.25, -0.2) is 4.57 Å². The summed E-state index contributed by atoms with van der Waals surface area (Å²) in [4.78, 5) is 42.9. The Labute approximate surface area is 310 Å². The second kappa shape index (κ2) is 31.7. The number of ether oxygens (including phenoxy) is 3. The zero-order valence-corrected chi connectivity index (χ0v) is 33.3. The quantitative estimate of drug-likeness (QED) is 0.0214. The second-order valence-corrected chi connectivity index (χ2v) is 15.7. The van der Waals surface area contributed by atoms with Gasteiger partial charge < -0.3 is 24.0 Å². The van der Waals surface area contributed by atoms with Crippen LogP contribution in [0.4, 0.5) is 0 Å². The number of allylic oxidation sites excluding steroid dienone is 5. The Morgan fingerprint density at radius 1 is 0.686 bits per heavy atom. The number of hydrogen-bond acceptors (Lipinski definition) is 7. The summed E-state index contributed by atoms with van der Waals surface area (Å²) >= 11 is 0. The Morgan fingerprint density at radius 2 is 1.25 bits per heavy atom. The van der Waals surface area contributed by atoms with Gasteiger partial charge in [-0.2, -0.15) is 0 Å². The molecule has 0 aromatic carbocycles. The van der Waals surface area contributed by atoms with Crippen molar-refractivity contribution in [1.29, 1.82) is 0 Å². The highest BCUT2D eigenvalue weighted by Crippen LogP contribution is 2.36. The van der Waals surface area contributed by atoms with E-state index in [1.807, 2.05) is 0 Å². The highest BCUT2D eigenvalue weighted by Gasteiger charge is 2.36. The van der Waals surface area contributed by atoms with Crippen molar-refractivity contribution in [1.82, 2.24) is 0 Å². The molecule has 296 valence electrons. The van der Waals surface area contributed by atoms with Crippen LogP contribution >= 0.6 is 7.82 Å². The molecule has 0 saturated carbocycles. The molecule has 3 atom stereocenters.